The molecule has 0 fully saturated rings. The third kappa shape index (κ3) is 3.74. The van der Waals surface area contributed by atoms with Crippen LogP contribution in [0, 0.1) is 0 Å². The molecule has 0 aliphatic rings. The fourth-order valence-electron chi connectivity index (χ4n) is 2.96. The first-order valence-electron chi connectivity index (χ1n) is 8.40. The molecule has 140 valence electrons. The van der Waals surface area contributed by atoms with E-state index in [1.165, 1.54) is 6.08 Å². The van der Waals surface area contributed by atoms with Crippen LogP contribution < -0.4 is 19.5 Å². The van der Waals surface area contributed by atoms with E-state index >= 15 is 0 Å². The molecule has 3 aromatic rings. The number of methoxy groups -OCH3 is 3. The minimum atomic E-state index is -0.222. The second kappa shape index (κ2) is 7.86. The molecule has 0 spiro atoms. The number of nitrogens with zero attached hydrogens (tertiary/aromatic N) is 1. The fourth-order valence-corrected chi connectivity index (χ4v) is 2.96. The van der Waals surface area contributed by atoms with Gasteiger partial charge >= 0.3 is 0 Å². The van der Waals surface area contributed by atoms with Gasteiger partial charge in [0, 0.05) is 30.2 Å². The van der Waals surface area contributed by atoms with Gasteiger partial charge in [0.05, 0.1) is 27.0 Å². The highest BCUT2D eigenvalue weighted by Gasteiger charge is 2.12. The van der Waals surface area contributed by atoms with E-state index in [2.05, 4.69) is 5.32 Å². The second-order valence-electron chi connectivity index (χ2n) is 5.95. The van der Waals surface area contributed by atoms with Gasteiger partial charge in [-0.3, -0.25) is 4.79 Å². The zero-order valence-electron chi connectivity index (χ0n) is 15.8. The lowest BCUT2D eigenvalue weighted by molar-refractivity contribution is -0.111. The average molecular weight is 366 g/mol. The molecule has 1 heterocycles. The van der Waals surface area contributed by atoms with Crippen LogP contribution >= 0.6 is 0 Å². The fraction of sp³-hybridized carbons (Fsp3) is 0.190. The number of nitrogens with one attached hydrogen (secondary N) is 1. The Labute approximate surface area is 158 Å². The molecule has 0 saturated heterocycles. The Morgan fingerprint density at radius 3 is 2.37 bits per heavy atom. The third-order valence-corrected chi connectivity index (χ3v) is 4.30. The molecule has 0 aliphatic carbocycles. The summed E-state index contributed by atoms with van der Waals surface area (Å²) in [6.45, 7) is 0. The number of benzene rings is 2. The van der Waals surface area contributed by atoms with Crippen molar-refractivity contribution in [3.63, 3.8) is 0 Å². The largest absolute Gasteiger partial charge is 0.493 e. The first kappa shape index (κ1) is 18.4. The van der Waals surface area contributed by atoms with Crippen molar-refractivity contribution in [2.45, 2.75) is 0 Å². The smallest absolute Gasteiger partial charge is 0.248 e. The molecule has 0 saturated carbocycles. The van der Waals surface area contributed by atoms with Crippen LogP contribution in [0.5, 0.6) is 17.2 Å². The number of carbonyl (C=O) groups excluding carboxylic acids is 1. The number of anilines is 1. The predicted octanol–water partition coefficient (Wildman–Crippen LogP) is 3.86. The Kier molecular flexibility index (Phi) is 5.35. The number of hydrogen-bond acceptors (Lipinski definition) is 4. The quantitative estimate of drug-likeness (QED) is 0.673. The lowest BCUT2D eigenvalue weighted by Crippen LogP contribution is -2.08. The molecule has 0 unspecified atom stereocenters. The number of hydrogen-bond donors (Lipinski definition) is 1. The zero-order chi connectivity index (χ0) is 19.4. The van der Waals surface area contributed by atoms with E-state index in [1.807, 2.05) is 42.1 Å². The molecule has 3 rings (SSSR count). The summed E-state index contributed by atoms with van der Waals surface area (Å²) < 4.78 is 18.0. The van der Waals surface area contributed by atoms with E-state index in [0.29, 0.717) is 17.2 Å². The maximum Gasteiger partial charge on any atom is 0.248 e. The molecule has 6 nitrogen and oxygen atoms in total. The number of fused-ring (bicyclic) bond motifs is 1. The van der Waals surface area contributed by atoms with Crippen LogP contribution in [0.25, 0.3) is 17.0 Å². The molecular formula is C21H22N2O4. The van der Waals surface area contributed by atoms with Crippen molar-refractivity contribution in [2.75, 3.05) is 26.6 Å². The van der Waals surface area contributed by atoms with Crippen LogP contribution in [0.1, 0.15) is 5.56 Å². The van der Waals surface area contributed by atoms with Gasteiger partial charge in [0.2, 0.25) is 11.7 Å². The summed E-state index contributed by atoms with van der Waals surface area (Å²) >= 11 is 0. The predicted molar refractivity (Wildman–Crippen MR) is 107 cm³/mol. The minimum Gasteiger partial charge on any atom is -0.493 e. The van der Waals surface area contributed by atoms with Gasteiger partial charge in [-0.1, -0.05) is 6.07 Å². The highest BCUT2D eigenvalue weighted by molar-refractivity contribution is 6.07. The van der Waals surface area contributed by atoms with Crippen molar-refractivity contribution >= 4 is 28.6 Å². The van der Waals surface area contributed by atoms with Crippen molar-refractivity contribution in [3.8, 4) is 17.2 Å². The summed E-state index contributed by atoms with van der Waals surface area (Å²) in [7, 11) is 6.63. The van der Waals surface area contributed by atoms with Gasteiger partial charge < -0.3 is 24.1 Å². The summed E-state index contributed by atoms with van der Waals surface area (Å²) in [6.07, 6.45) is 5.14. The lowest BCUT2D eigenvalue weighted by Gasteiger charge is -2.12. The normalized spacial score (nSPS) is 11.0. The van der Waals surface area contributed by atoms with Gasteiger partial charge in [0.15, 0.2) is 11.5 Å². The SMILES string of the molecule is COc1cc(/C=C/C(=O)Nc2cccc3c2ccn3C)cc(OC)c1OC. The summed E-state index contributed by atoms with van der Waals surface area (Å²) in [5.41, 5.74) is 2.59. The van der Waals surface area contributed by atoms with Crippen molar-refractivity contribution in [2.24, 2.45) is 7.05 Å². The summed E-state index contributed by atoms with van der Waals surface area (Å²) in [5, 5.41) is 3.92. The van der Waals surface area contributed by atoms with Crippen LogP contribution in [0.15, 0.2) is 48.7 Å². The maximum absolute atomic E-state index is 12.4. The van der Waals surface area contributed by atoms with Gasteiger partial charge in [-0.25, -0.2) is 0 Å². The molecule has 0 bridgehead atoms. The lowest BCUT2D eigenvalue weighted by atomic mass is 10.1. The molecule has 0 radical (unpaired) electrons. The summed E-state index contributed by atoms with van der Waals surface area (Å²) in [4.78, 5) is 12.4. The van der Waals surface area contributed by atoms with Crippen LogP contribution in [0.4, 0.5) is 5.69 Å². The third-order valence-electron chi connectivity index (χ3n) is 4.30. The number of aryl methyl sites for hydroxylation is 1. The van der Waals surface area contributed by atoms with Gasteiger partial charge in [-0.15, -0.1) is 0 Å². The molecule has 0 aliphatic heterocycles. The van der Waals surface area contributed by atoms with E-state index in [-0.39, 0.29) is 5.91 Å². The number of aromatic nitrogens is 1. The molecule has 1 amide bonds. The van der Waals surface area contributed by atoms with Crippen molar-refractivity contribution < 1.29 is 19.0 Å². The number of amides is 1. The van der Waals surface area contributed by atoms with Gasteiger partial charge in [-0.2, -0.15) is 0 Å². The van der Waals surface area contributed by atoms with Gasteiger partial charge in [0.1, 0.15) is 0 Å². The van der Waals surface area contributed by atoms with Crippen molar-refractivity contribution in [1.29, 1.82) is 0 Å². The Hall–Kier alpha value is -3.41. The Balaban J connectivity index is 1.82. The van der Waals surface area contributed by atoms with Crippen molar-refractivity contribution in [1.82, 2.24) is 4.57 Å². The van der Waals surface area contributed by atoms with Crippen LogP contribution in [-0.2, 0) is 11.8 Å². The highest BCUT2D eigenvalue weighted by Crippen LogP contribution is 2.38. The molecule has 1 aromatic heterocycles. The minimum absolute atomic E-state index is 0.222. The topological polar surface area (TPSA) is 61.7 Å². The van der Waals surface area contributed by atoms with E-state index in [9.17, 15) is 4.79 Å². The standard InChI is InChI=1S/C21H22N2O4/c1-23-11-10-15-16(6-5-7-17(15)23)22-20(24)9-8-14-12-18(25-2)21(27-4)19(13-14)26-3/h5-13H,1-4H3,(H,22,24)/b9-8+. The average Bonchev–Trinajstić information content (AvgIpc) is 3.07. The maximum atomic E-state index is 12.4. The first-order valence-corrected chi connectivity index (χ1v) is 8.40. The van der Waals surface area contributed by atoms with Crippen LogP contribution in [-0.4, -0.2) is 31.8 Å². The zero-order valence-corrected chi connectivity index (χ0v) is 15.8. The van der Waals surface area contributed by atoms with Crippen LogP contribution in [0.3, 0.4) is 0 Å². The molecule has 2 aromatic carbocycles. The van der Waals surface area contributed by atoms with Crippen LogP contribution in [0.2, 0.25) is 0 Å². The van der Waals surface area contributed by atoms with Gasteiger partial charge in [0.25, 0.3) is 0 Å². The van der Waals surface area contributed by atoms with Gasteiger partial charge in [-0.05, 0) is 42.0 Å². The van der Waals surface area contributed by atoms with Crippen molar-refractivity contribution in [3.05, 3.63) is 54.2 Å². The second-order valence-corrected chi connectivity index (χ2v) is 5.95. The highest BCUT2D eigenvalue weighted by atomic mass is 16.5. The molecule has 27 heavy (non-hydrogen) atoms. The molecule has 6 heteroatoms. The Morgan fingerprint density at radius 1 is 1.04 bits per heavy atom. The van der Waals surface area contributed by atoms with E-state index in [4.69, 9.17) is 14.2 Å². The monoisotopic (exact) mass is 366 g/mol. The van der Waals surface area contributed by atoms with E-state index < -0.39 is 0 Å². The van der Waals surface area contributed by atoms with E-state index in [0.717, 1.165) is 22.2 Å². The summed E-state index contributed by atoms with van der Waals surface area (Å²) in [5.74, 6) is 1.36. The Bertz CT molecular complexity index is 980. The number of ether oxygens (including phenoxy) is 3. The van der Waals surface area contributed by atoms with E-state index in [1.54, 1.807) is 39.5 Å². The summed E-state index contributed by atoms with van der Waals surface area (Å²) in [6, 6.07) is 11.4. The molecule has 0 atom stereocenters. The Morgan fingerprint density at radius 2 is 1.74 bits per heavy atom. The number of carbonyl (C=O) groups is 1. The first-order chi connectivity index (χ1) is 13.1. The number of rotatable bonds is 6. The molecule has 1 N–H and O–H groups in total. The molecular weight excluding hydrogens is 344 g/mol.